The predicted octanol–water partition coefficient (Wildman–Crippen LogP) is 5.71. The van der Waals surface area contributed by atoms with Crippen LogP contribution >= 0.6 is 34.5 Å². The summed E-state index contributed by atoms with van der Waals surface area (Å²) in [6.07, 6.45) is 0. The second-order valence-corrected chi connectivity index (χ2v) is 8.94. The second-order valence-electron chi connectivity index (χ2n) is 7.17. The predicted molar refractivity (Wildman–Crippen MR) is 132 cm³/mol. The van der Waals surface area contributed by atoms with Crippen LogP contribution < -0.4 is 19.1 Å². The van der Waals surface area contributed by atoms with Crippen LogP contribution in [-0.2, 0) is 9.59 Å². The number of amides is 1. The molecule has 0 spiro atoms. The summed E-state index contributed by atoms with van der Waals surface area (Å²) >= 11 is 14.0. The molecule has 0 saturated carbocycles. The summed E-state index contributed by atoms with van der Waals surface area (Å²) in [6, 6.07) is 10.8. The lowest BCUT2D eigenvalue weighted by Gasteiger charge is -2.24. The van der Waals surface area contributed by atoms with Crippen LogP contribution in [0.4, 0.5) is 5.69 Å². The van der Waals surface area contributed by atoms with Crippen LogP contribution in [0.5, 0.6) is 17.2 Å². The lowest BCUT2D eigenvalue weighted by Crippen LogP contribution is -2.29. The van der Waals surface area contributed by atoms with Crippen molar-refractivity contribution in [3.8, 4) is 17.2 Å². The number of thiophene rings is 1. The van der Waals surface area contributed by atoms with E-state index in [2.05, 4.69) is 0 Å². The van der Waals surface area contributed by atoms with E-state index in [9.17, 15) is 14.7 Å². The number of hydrogen-bond acceptors (Lipinski definition) is 7. The van der Waals surface area contributed by atoms with E-state index in [4.69, 9.17) is 37.4 Å². The topological polar surface area (TPSA) is 85.3 Å². The molecule has 0 radical (unpaired) electrons. The number of methoxy groups -OCH3 is 3. The summed E-state index contributed by atoms with van der Waals surface area (Å²) in [5.41, 5.74) is 0.381. The van der Waals surface area contributed by atoms with Gasteiger partial charge in [0, 0.05) is 16.6 Å². The Morgan fingerprint density at radius 1 is 1.00 bits per heavy atom. The van der Waals surface area contributed by atoms with Crippen LogP contribution in [0.2, 0.25) is 10.0 Å². The maximum absolute atomic E-state index is 13.3. The number of anilines is 1. The Hall–Kier alpha value is -3.20. The van der Waals surface area contributed by atoms with Gasteiger partial charge in [-0.05, 0) is 29.6 Å². The zero-order valence-corrected chi connectivity index (χ0v) is 20.6. The maximum atomic E-state index is 13.3. The van der Waals surface area contributed by atoms with Crippen molar-refractivity contribution in [2.45, 2.75) is 6.04 Å². The van der Waals surface area contributed by atoms with Gasteiger partial charge in [0.15, 0.2) is 11.5 Å². The number of benzene rings is 2. The van der Waals surface area contributed by atoms with Crippen LogP contribution in [0, 0.1) is 0 Å². The molecule has 2 aromatic carbocycles. The summed E-state index contributed by atoms with van der Waals surface area (Å²) in [6.45, 7) is 0. The van der Waals surface area contributed by atoms with Crippen LogP contribution in [0.3, 0.4) is 0 Å². The minimum Gasteiger partial charge on any atom is -0.507 e. The van der Waals surface area contributed by atoms with Gasteiger partial charge in [-0.1, -0.05) is 35.3 Å². The van der Waals surface area contributed by atoms with Crippen molar-refractivity contribution >= 4 is 57.7 Å². The normalized spacial score (nSPS) is 17.2. The van der Waals surface area contributed by atoms with Crippen LogP contribution in [0.1, 0.15) is 16.5 Å². The van der Waals surface area contributed by atoms with Gasteiger partial charge in [0.05, 0.1) is 37.5 Å². The van der Waals surface area contributed by atoms with Gasteiger partial charge in [-0.25, -0.2) is 0 Å². The molecule has 0 bridgehead atoms. The molecular weight excluding hydrogens is 501 g/mol. The third kappa shape index (κ3) is 3.87. The number of nitrogens with zero attached hydrogens (tertiary/aromatic N) is 1. The van der Waals surface area contributed by atoms with Gasteiger partial charge in [0.25, 0.3) is 11.7 Å². The summed E-state index contributed by atoms with van der Waals surface area (Å²) < 4.78 is 15.9. The quantitative estimate of drug-likeness (QED) is 0.255. The van der Waals surface area contributed by atoms with Crippen LogP contribution in [0.25, 0.3) is 5.76 Å². The molecule has 1 N–H and O–H groups in total. The van der Waals surface area contributed by atoms with Crippen molar-refractivity contribution in [2.75, 3.05) is 26.2 Å². The average molecular weight is 520 g/mol. The highest BCUT2D eigenvalue weighted by Gasteiger charge is 2.48. The zero-order valence-electron chi connectivity index (χ0n) is 18.3. The molecule has 176 valence electrons. The molecule has 1 amide bonds. The highest BCUT2D eigenvalue weighted by molar-refractivity contribution is 7.10. The van der Waals surface area contributed by atoms with Gasteiger partial charge in [0.2, 0.25) is 0 Å². The minimum absolute atomic E-state index is 0.0220. The summed E-state index contributed by atoms with van der Waals surface area (Å²) in [4.78, 5) is 28.5. The molecule has 10 heteroatoms. The van der Waals surface area contributed by atoms with Gasteiger partial charge in [0.1, 0.15) is 22.6 Å². The molecule has 4 rings (SSSR count). The standard InChI is InChI=1S/C24H19Cl2NO6S/c1-31-13-7-4-6-12(10-13)27-19(16-8-5-9-34-16)17(21(29)24(27)30)20(28)14-11-15(25)23(33-3)18(26)22(14)32-2/h4-11,19,28H,1-3H3/b20-17-. The van der Waals surface area contributed by atoms with Crippen molar-refractivity contribution in [1.29, 1.82) is 0 Å². The van der Waals surface area contributed by atoms with E-state index in [1.165, 1.54) is 43.6 Å². The van der Waals surface area contributed by atoms with Crippen molar-refractivity contribution in [3.63, 3.8) is 0 Å². The van der Waals surface area contributed by atoms with E-state index in [0.29, 0.717) is 16.3 Å². The Morgan fingerprint density at radius 3 is 2.35 bits per heavy atom. The monoisotopic (exact) mass is 519 g/mol. The lowest BCUT2D eigenvalue weighted by atomic mass is 9.99. The van der Waals surface area contributed by atoms with E-state index in [-0.39, 0.29) is 32.7 Å². The number of carbonyl (C=O) groups is 2. The zero-order chi connectivity index (χ0) is 24.6. The van der Waals surface area contributed by atoms with E-state index in [1.807, 2.05) is 5.38 Å². The Bertz CT molecular complexity index is 1310. The number of aliphatic hydroxyl groups excluding tert-OH is 1. The molecule has 0 aliphatic carbocycles. The number of rotatable bonds is 6. The molecule has 1 aliphatic heterocycles. The number of carbonyl (C=O) groups excluding carboxylic acids is 2. The lowest BCUT2D eigenvalue weighted by molar-refractivity contribution is -0.132. The van der Waals surface area contributed by atoms with Gasteiger partial charge >= 0.3 is 0 Å². The first-order chi connectivity index (χ1) is 16.3. The molecule has 1 fully saturated rings. The highest BCUT2D eigenvalue weighted by Crippen LogP contribution is 2.48. The molecule has 7 nitrogen and oxygen atoms in total. The van der Waals surface area contributed by atoms with Gasteiger partial charge < -0.3 is 19.3 Å². The molecule has 2 heterocycles. The average Bonchev–Trinajstić information content (AvgIpc) is 3.45. The Balaban J connectivity index is 1.98. The van der Waals surface area contributed by atoms with Crippen LogP contribution in [-0.4, -0.2) is 38.1 Å². The van der Waals surface area contributed by atoms with E-state index in [0.717, 1.165) is 0 Å². The van der Waals surface area contributed by atoms with Gasteiger partial charge in [-0.3, -0.25) is 14.5 Å². The first kappa shape index (κ1) is 23.9. The minimum atomic E-state index is -0.892. The van der Waals surface area contributed by atoms with Gasteiger partial charge in [-0.2, -0.15) is 0 Å². The molecule has 1 unspecified atom stereocenters. The number of hydrogen-bond donors (Lipinski definition) is 1. The first-order valence-corrected chi connectivity index (χ1v) is 11.6. The molecular formula is C24H19Cl2NO6S. The summed E-state index contributed by atoms with van der Waals surface area (Å²) in [5, 5.41) is 13.3. The summed E-state index contributed by atoms with van der Waals surface area (Å²) in [5.74, 6) is -1.40. The smallest absolute Gasteiger partial charge is 0.300 e. The second kappa shape index (κ2) is 9.58. The molecule has 3 aromatic rings. The largest absolute Gasteiger partial charge is 0.507 e. The third-order valence-electron chi connectivity index (χ3n) is 5.38. The Kier molecular flexibility index (Phi) is 6.74. The molecule has 1 saturated heterocycles. The van der Waals surface area contributed by atoms with E-state index >= 15 is 0 Å². The van der Waals surface area contributed by atoms with E-state index < -0.39 is 23.5 Å². The van der Waals surface area contributed by atoms with Crippen molar-refractivity contribution in [2.24, 2.45) is 0 Å². The number of halogens is 2. The molecule has 34 heavy (non-hydrogen) atoms. The van der Waals surface area contributed by atoms with E-state index in [1.54, 1.807) is 36.4 Å². The number of Topliss-reactive ketones (excluding diaryl/α,β-unsaturated/α-hetero) is 1. The molecule has 1 atom stereocenters. The number of ketones is 1. The van der Waals surface area contributed by atoms with Crippen molar-refractivity contribution in [3.05, 3.63) is 73.9 Å². The maximum Gasteiger partial charge on any atom is 0.300 e. The van der Waals surface area contributed by atoms with Crippen molar-refractivity contribution < 1.29 is 28.9 Å². The molecule has 1 aliphatic rings. The third-order valence-corrected chi connectivity index (χ3v) is 6.93. The number of ether oxygens (including phenoxy) is 3. The van der Waals surface area contributed by atoms with Gasteiger partial charge in [-0.15, -0.1) is 11.3 Å². The SMILES string of the molecule is COc1cccc(N2C(=O)C(=O)/C(=C(\O)c3cc(Cl)c(OC)c(Cl)c3OC)C2c2cccs2)c1. The van der Waals surface area contributed by atoms with Crippen LogP contribution in [0.15, 0.2) is 53.4 Å². The Morgan fingerprint density at radius 2 is 1.74 bits per heavy atom. The highest BCUT2D eigenvalue weighted by atomic mass is 35.5. The summed E-state index contributed by atoms with van der Waals surface area (Å²) in [7, 11) is 4.26. The first-order valence-electron chi connectivity index (χ1n) is 9.92. The fourth-order valence-corrected chi connectivity index (χ4v) is 5.38. The molecule has 1 aromatic heterocycles. The fraction of sp³-hybridized carbons (Fsp3) is 0.167. The number of aliphatic hydroxyl groups is 1. The van der Waals surface area contributed by atoms with Crippen molar-refractivity contribution in [1.82, 2.24) is 0 Å². The fourth-order valence-electron chi connectivity index (χ4n) is 3.87. The Labute approximate surface area is 209 Å².